The molecule has 5 rings (SSSR count). The van der Waals surface area contributed by atoms with Crippen molar-refractivity contribution in [1.82, 2.24) is 20.2 Å². The van der Waals surface area contributed by atoms with Crippen LogP contribution in [-0.2, 0) is 12.8 Å². The molecule has 0 saturated heterocycles. The van der Waals surface area contributed by atoms with Crippen LogP contribution in [-0.4, -0.2) is 32.2 Å². The van der Waals surface area contributed by atoms with Crippen molar-refractivity contribution in [3.05, 3.63) is 64.8 Å². The molecule has 0 radical (unpaired) electrons. The third-order valence-electron chi connectivity index (χ3n) is 6.88. The summed E-state index contributed by atoms with van der Waals surface area (Å²) in [6, 6.07) is 14.8. The van der Waals surface area contributed by atoms with Crippen LogP contribution in [0.15, 0.2) is 53.6 Å². The molecule has 1 aliphatic carbocycles. The highest BCUT2D eigenvalue weighted by Gasteiger charge is 2.20. The summed E-state index contributed by atoms with van der Waals surface area (Å²) in [5, 5.41) is 14.3. The van der Waals surface area contributed by atoms with E-state index in [0.717, 1.165) is 71.1 Å². The Morgan fingerprint density at radius 2 is 1.78 bits per heavy atom. The normalized spacial score (nSPS) is 17.6. The van der Waals surface area contributed by atoms with E-state index in [2.05, 4.69) is 57.3 Å². The molecule has 2 aromatic heterocycles. The quantitative estimate of drug-likeness (QED) is 0.216. The van der Waals surface area contributed by atoms with E-state index >= 15 is 0 Å². The monoisotopic (exact) mass is 533 g/mol. The standard InChI is InChI=1S/C28H32ClN7S/c1-3-17-13-19(14-20-16-31-28(33-26(17)20)32-22-11-9-21(30)10-12-22)27-18(4-2)15-25(34-35-27)36-37-24-8-6-5-7-23(24)29/h5-8,13-16,21-22H,3-4,9-12,30H2,1-2H3,(H,34,36)(H,31,32,33). The second kappa shape index (κ2) is 11.6. The fourth-order valence-corrected chi connectivity index (χ4v) is 5.65. The molecule has 1 aliphatic rings. The molecule has 37 heavy (non-hydrogen) atoms. The number of hydrogen-bond donors (Lipinski definition) is 3. The highest BCUT2D eigenvalue weighted by molar-refractivity contribution is 8.00. The number of nitrogens with zero attached hydrogens (tertiary/aromatic N) is 4. The molecule has 0 spiro atoms. The van der Waals surface area contributed by atoms with Crippen LogP contribution in [0.4, 0.5) is 11.8 Å². The predicted molar refractivity (Wildman–Crippen MR) is 154 cm³/mol. The lowest BCUT2D eigenvalue weighted by Crippen LogP contribution is -2.33. The van der Waals surface area contributed by atoms with Crippen LogP contribution in [0.25, 0.3) is 22.2 Å². The molecular formula is C28H32ClN7S. The number of halogens is 1. The van der Waals surface area contributed by atoms with Crippen LogP contribution >= 0.6 is 23.5 Å². The first-order chi connectivity index (χ1) is 18.0. The van der Waals surface area contributed by atoms with Crippen molar-refractivity contribution in [2.75, 3.05) is 10.0 Å². The van der Waals surface area contributed by atoms with E-state index < -0.39 is 0 Å². The number of rotatable bonds is 8. The SMILES string of the molecule is CCc1cc(NSc2ccccc2Cl)nnc1-c1cc(CC)c2nc(NC3CCC(N)CC3)ncc2c1. The van der Waals surface area contributed by atoms with Gasteiger partial charge in [-0.15, -0.1) is 10.2 Å². The molecule has 0 aliphatic heterocycles. The van der Waals surface area contributed by atoms with Crippen LogP contribution in [0, 0.1) is 0 Å². The van der Waals surface area contributed by atoms with Crippen molar-refractivity contribution in [3.8, 4) is 11.3 Å². The van der Waals surface area contributed by atoms with Gasteiger partial charge in [0.05, 0.1) is 16.2 Å². The van der Waals surface area contributed by atoms with E-state index in [1.807, 2.05) is 30.5 Å². The second-order valence-electron chi connectivity index (χ2n) is 9.47. The van der Waals surface area contributed by atoms with Crippen molar-refractivity contribution in [2.45, 2.75) is 69.4 Å². The number of benzene rings is 2. The van der Waals surface area contributed by atoms with Gasteiger partial charge in [-0.25, -0.2) is 9.97 Å². The van der Waals surface area contributed by atoms with Crippen molar-refractivity contribution >= 4 is 46.2 Å². The molecule has 192 valence electrons. The Balaban J connectivity index is 1.39. The summed E-state index contributed by atoms with van der Waals surface area (Å²) < 4.78 is 3.27. The number of aromatic nitrogens is 4. The Morgan fingerprint density at radius 3 is 2.54 bits per heavy atom. The van der Waals surface area contributed by atoms with Crippen molar-refractivity contribution < 1.29 is 0 Å². The van der Waals surface area contributed by atoms with Crippen molar-refractivity contribution in [3.63, 3.8) is 0 Å². The summed E-state index contributed by atoms with van der Waals surface area (Å²) in [5.41, 5.74) is 11.2. The van der Waals surface area contributed by atoms with Gasteiger partial charge in [-0.1, -0.05) is 37.6 Å². The molecule has 4 N–H and O–H groups in total. The van der Waals surface area contributed by atoms with Gasteiger partial charge in [0.1, 0.15) is 0 Å². The fourth-order valence-electron chi connectivity index (χ4n) is 4.77. The van der Waals surface area contributed by atoms with Crippen LogP contribution in [0.3, 0.4) is 0 Å². The summed E-state index contributed by atoms with van der Waals surface area (Å²) in [5.74, 6) is 1.39. The van der Waals surface area contributed by atoms with Crippen LogP contribution in [0.5, 0.6) is 0 Å². The fraction of sp³-hybridized carbons (Fsp3) is 0.357. The lowest BCUT2D eigenvalue weighted by Gasteiger charge is -2.26. The van der Waals surface area contributed by atoms with Gasteiger partial charge in [-0.2, -0.15) is 0 Å². The zero-order valence-corrected chi connectivity index (χ0v) is 22.7. The molecule has 2 heterocycles. The number of aryl methyl sites for hydroxylation is 2. The highest BCUT2D eigenvalue weighted by atomic mass is 35.5. The third-order valence-corrected chi connectivity index (χ3v) is 8.21. The minimum atomic E-state index is 0.322. The molecule has 0 bridgehead atoms. The minimum absolute atomic E-state index is 0.322. The van der Waals surface area contributed by atoms with E-state index in [0.29, 0.717) is 28.9 Å². The number of anilines is 2. The predicted octanol–water partition coefficient (Wildman–Crippen LogP) is 6.67. The molecule has 2 aromatic carbocycles. The van der Waals surface area contributed by atoms with Gasteiger partial charge >= 0.3 is 0 Å². The van der Waals surface area contributed by atoms with E-state index in [1.165, 1.54) is 17.5 Å². The Labute approximate surface area is 227 Å². The average Bonchev–Trinajstić information content (AvgIpc) is 2.93. The zero-order chi connectivity index (χ0) is 25.8. The van der Waals surface area contributed by atoms with Gasteiger partial charge < -0.3 is 15.8 Å². The maximum Gasteiger partial charge on any atom is 0.223 e. The first-order valence-electron chi connectivity index (χ1n) is 12.9. The van der Waals surface area contributed by atoms with Gasteiger partial charge in [-0.3, -0.25) is 0 Å². The van der Waals surface area contributed by atoms with Gasteiger partial charge in [-0.05, 0) is 91.9 Å². The molecule has 0 unspecified atom stereocenters. The van der Waals surface area contributed by atoms with Crippen LogP contribution in [0.2, 0.25) is 5.02 Å². The van der Waals surface area contributed by atoms with Crippen molar-refractivity contribution in [2.24, 2.45) is 5.73 Å². The first-order valence-corrected chi connectivity index (χ1v) is 14.1. The number of nitrogens with one attached hydrogen (secondary N) is 2. The molecule has 4 aromatic rings. The lowest BCUT2D eigenvalue weighted by molar-refractivity contribution is 0.410. The number of fused-ring (bicyclic) bond motifs is 1. The largest absolute Gasteiger partial charge is 0.351 e. The summed E-state index contributed by atoms with van der Waals surface area (Å²) in [6.07, 6.45) is 7.81. The van der Waals surface area contributed by atoms with Crippen molar-refractivity contribution in [1.29, 1.82) is 0 Å². The maximum atomic E-state index is 6.28. The molecule has 0 amide bonds. The highest BCUT2D eigenvalue weighted by Crippen LogP contribution is 2.32. The Kier molecular flexibility index (Phi) is 8.08. The summed E-state index contributed by atoms with van der Waals surface area (Å²) in [4.78, 5) is 10.5. The van der Waals surface area contributed by atoms with Crippen LogP contribution in [0.1, 0.15) is 50.7 Å². The maximum absolute atomic E-state index is 6.28. The molecule has 9 heteroatoms. The summed E-state index contributed by atoms with van der Waals surface area (Å²) in [7, 11) is 0. The van der Waals surface area contributed by atoms with E-state index in [1.54, 1.807) is 0 Å². The van der Waals surface area contributed by atoms with Gasteiger partial charge in [0.2, 0.25) is 5.95 Å². The molecule has 1 saturated carbocycles. The van der Waals surface area contributed by atoms with Gasteiger partial charge in [0.15, 0.2) is 5.82 Å². The third kappa shape index (κ3) is 5.98. The second-order valence-corrected chi connectivity index (χ2v) is 10.7. The van der Waals surface area contributed by atoms with E-state index in [-0.39, 0.29) is 0 Å². The Morgan fingerprint density at radius 1 is 1.00 bits per heavy atom. The minimum Gasteiger partial charge on any atom is -0.351 e. The molecular weight excluding hydrogens is 502 g/mol. The number of nitrogens with two attached hydrogens (primary N) is 1. The molecule has 1 fully saturated rings. The Bertz CT molecular complexity index is 1390. The molecule has 0 atom stereocenters. The van der Waals surface area contributed by atoms with E-state index in [4.69, 9.17) is 22.3 Å². The number of hydrogen-bond acceptors (Lipinski definition) is 8. The lowest BCUT2D eigenvalue weighted by atomic mass is 9.92. The van der Waals surface area contributed by atoms with Crippen LogP contribution < -0.4 is 15.8 Å². The van der Waals surface area contributed by atoms with E-state index in [9.17, 15) is 0 Å². The topological polar surface area (TPSA) is 102 Å². The Hall–Kier alpha value is -2.94. The molecule has 7 nitrogen and oxygen atoms in total. The van der Waals surface area contributed by atoms with Gasteiger partial charge in [0, 0.05) is 34.1 Å². The average molecular weight is 534 g/mol. The summed E-state index contributed by atoms with van der Waals surface area (Å²) >= 11 is 7.71. The van der Waals surface area contributed by atoms with Gasteiger partial charge in [0.25, 0.3) is 0 Å². The zero-order valence-electron chi connectivity index (χ0n) is 21.2. The summed E-state index contributed by atoms with van der Waals surface area (Å²) in [6.45, 7) is 4.29. The smallest absolute Gasteiger partial charge is 0.223 e. The first kappa shape index (κ1) is 25.7.